The topological polar surface area (TPSA) is 431 Å². The van der Waals surface area contributed by atoms with E-state index in [9.17, 15) is 39.3 Å². The van der Waals surface area contributed by atoms with E-state index in [1.54, 1.807) is 114 Å². The van der Waals surface area contributed by atoms with Gasteiger partial charge in [-0.15, -0.1) is 55.6 Å². The number of rotatable bonds is 37. The van der Waals surface area contributed by atoms with Crippen LogP contribution in [0.4, 0.5) is 57.5 Å². The lowest BCUT2D eigenvalue weighted by Gasteiger charge is -2.16. The van der Waals surface area contributed by atoms with Gasteiger partial charge in [-0.3, -0.25) is 4.79 Å². The summed E-state index contributed by atoms with van der Waals surface area (Å²) >= 11 is 7.42. The van der Waals surface area contributed by atoms with Crippen LogP contribution in [0.5, 0.6) is 31.1 Å². The number of hydrogen-bond acceptors (Lipinski definition) is 31. The number of anilines is 10. The van der Waals surface area contributed by atoms with Crippen LogP contribution in [0.25, 0.3) is 76.4 Å². The average molecular weight is 2050 g/mol. The first-order valence-corrected chi connectivity index (χ1v) is 49.2. The number of fused-ring (bicyclic) bond motifs is 2. The number of thiophene rings is 5. The Bertz CT molecular complexity index is 7510. The summed E-state index contributed by atoms with van der Waals surface area (Å²) in [6.45, 7) is 28.9. The number of aryl methyl sites for hydroxylation is 5. The fourth-order valence-electron chi connectivity index (χ4n) is 14.9. The number of benzene rings is 7. The molecule has 0 aliphatic heterocycles. The molecule has 0 aliphatic carbocycles. The number of ether oxygens (including phenoxy) is 6. The lowest BCUT2D eigenvalue weighted by atomic mass is 10.1. The zero-order chi connectivity index (χ0) is 104. The number of aromatic carboxylic acids is 4. The third-order valence-electron chi connectivity index (χ3n) is 22.3. The Morgan fingerprint density at radius 1 is 0.301 bits per heavy atom. The van der Waals surface area contributed by atoms with Crippen molar-refractivity contribution in [2.45, 2.75) is 73.1 Å². The first-order valence-electron chi connectivity index (χ1n) is 45.0. The maximum Gasteiger partial charge on any atom is 0.335 e. The number of nitrogens with one attached hydrogen (secondary N) is 5. The van der Waals surface area contributed by atoms with E-state index >= 15 is 0 Å². The Morgan fingerprint density at radius 2 is 0.589 bits per heavy atom. The van der Waals surface area contributed by atoms with Crippen molar-refractivity contribution in [2.24, 2.45) is 0 Å². The van der Waals surface area contributed by atoms with E-state index in [4.69, 9.17) is 63.6 Å². The number of methoxy groups -OCH3 is 6. The Balaban J connectivity index is 0.000000153. The molecule has 7 aromatic carbocycles. The molecule has 744 valence electrons. The number of carboxylic acid groups (broad SMARTS) is 5. The minimum atomic E-state index is -1.02. The molecule has 0 fully saturated rings. The molecule has 0 saturated heterocycles. The number of carbonyl (C=O) groups is 5. The molecule has 0 radical (unpaired) electrons. The second kappa shape index (κ2) is 50.0. The van der Waals surface area contributed by atoms with Crippen LogP contribution in [0.1, 0.15) is 103 Å². The second-order valence-electron chi connectivity index (χ2n) is 32.1. The first kappa shape index (κ1) is 106. The van der Waals surface area contributed by atoms with Crippen molar-refractivity contribution < 1.29 is 77.9 Å². The van der Waals surface area contributed by atoms with Crippen molar-refractivity contribution in [2.75, 3.05) is 69.2 Å². The van der Waals surface area contributed by atoms with E-state index in [1.807, 2.05) is 173 Å². The summed E-state index contributed by atoms with van der Waals surface area (Å²) in [4.78, 5) is 105. The summed E-state index contributed by atoms with van der Waals surface area (Å²) in [5.74, 6) is 2.19. The van der Waals surface area contributed by atoms with E-state index < -0.39 is 29.8 Å². The van der Waals surface area contributed by atoms with Gasteiger partial charge < -0.3 is 80.5 Å². The van der Waals surface area contributed by atoms with Crippen molar-refractivity contribution in [3.63, 3.8) is 0 Å². The lowest BCUT2D eigenvalue weighted by molar-refractivity contribution is -0.136. The molecular weight excluding hydrogens is 1950 g/mol. The molecule has 17 rings (SSSR count). The monoisotopic (exact) mass is 2050 g/mol. The van der Waals surface area contributed by atoms with Crippen LogP contribution in [0, 0.1) is 34.6 Å². The summed E-state index contributed by atoms with van der Waals surface area (Å²) in [6, 6.07) is 55.5. The maximum atomic E-state index is 11.2. The van der Waals surface area contributed by atoms with Crippen LogP contribution in [-0.4, -0.2) is 148 Å². The zero-order valence-corrected chi connectivity index (χ0v) is 85.5. The Hall–Kier alpha value is -17.2. The van der Waals surface area contributed by atoms with Crippen LogP contribution < -0.4 is 55.0 Å². The third kappa shape index (κ3) is 27.2. The standard InChI is InChI=1S/2C24H21N3O3S.C21H21N3O4S.C21H21N3O3S.C20H19N3O3S/c1-4-5-20-14(2)25-22(18-12-21(30-3)31-13-18)27-23(20)26-19-9-8-15-10-17(24(28)29)7-6-16(15)11-19;1-4-5-19-14(2)25-23(20-10-11-21(30-3)31-20)27-22(19)26-18-9-8-15-12-17(24(28)29)7-6-16(15)13-18;1-5-6-15-12(2)22-19(14-10-18(28-4)29-11-14)24-20(15)23-16-8-7-13(21(25)26)9-17(16)27-3;1-4-5-16-13(2)22-21(17-10-11-19(27-3)28-17)24-20(16)23-15-8-6-14(7-9-15)12-18(25)26;1-4-5-15-12(2)21-19(16-10-11-17(26-3)27-16)23-18(15)22-14-8-6-13(7-9-14)20(24)25/h2*4,6-13H,1,5H2,2-3H3,(H,28,29)(H,25,26,27);5,7-11H,1,6H2,2-4H3,(H,25,26)(H,22,23,24);4,6-11H,1,5,12H2,2-3H3,(H,25,26)(H,22,23,24);4,6-11H,1,5H2,2-3H3,(H,24,25)(H,21,22,23). The smallest absolute Gasteiger partial charge is 0.335 e. The highest BCUT2D eigenvalue weighted by Gasteiger charge is 2.24. The summed E-state index contributed by atoms with van der Waals surface area (Å²) < 4.78 is 31.7. The molecule has 10 heterocycles. The molecule has 17 aromatic rings. The van der Waals surface area contributed by atoms with Gasteiger partial charge in [-0.1, -0.05) is 101 Å². The lowest BCUT2D eigenvalue weighted by Crippen LogP contribution is -2.06. The largest absolute Gasteiger partial charge is 0.495 e. The molecule has 10 aromatic heterocycles. The van der Waals surface area contributed by atoms with Gasteiger partial charge in [0.05, 0.1) is 91.7 Å². The minimum Gasteiger partial charge on any atom is -0.495 e. The van der Waals surface area contributed by atoms with Gasteiger partial charge in [-0.2, -0.15) is 0 Å². The Labute approximate surface area is 861 Å². The molecule has 0 unspecified atom stereocenters. The van der Waals surface area contributed by atoms with Crippen molar-refractivity contribution in [1.29, 1.82) is 0 Å². The van der Waals surface area contributed by atoms with Gasteiger partial charge in [0, 0.05) is 113 Å². The fourth-order valence-corrected chi connectivity index (χ4v) is 18.5. The van der Waals surface area contributed by atoms with Gasteiger partial charge in [0.15, 0.2) is 54.4 Å². The summed E-state index contributed by atoms with van der Waals surface area (Å²) in [5.41, 5.74) is 16.4. The quantitative estimate of drug-likeness (QED) is 0.0162. The fraction of sp³-hybridized carbons (Fsp3) is 0.155. The molecule has 0 saturated carbocycles. The number of nitrogens with zero attached hydrogens (tertiary/aromatic N) is 10. The van der Waals surface area contributed by atoms with E-state index in [2.05, 4.69) is 84.4 Å². The number of hydrogen-bond donors (Lipinski definition) is 10. The van der Waals surface area contributed by atoms with E-state index in [0.717, 1.165) is 163 Å². The summed E-state index contributed by atoms with van der Waals surface area (Å²) in [5, 5.41) is 73.7. The number of aromatic nitrogens is 10. The summed E-state index contributed by atoms with van der Waals surface area (Å²) in [7, 11) is 9.65. The Kier molecular flexibility index (Phi) is 36.3. The predicted octanol–water partition coefficient (Wildman–Crippen LogP) is 25.7. The van der Waals surface area contributed by atoms with E-state index in [-0.39, 0.29) is 28.7 Å². The van der Waals surface area contributed by atoms with E-state index in [0.29, 0.717) is 95.9 Å². The summed E-state index contributed by atoms with van der Waals surface area (Å²) in [6.07, 6.45) is 12.2. The van der Waals surface area contributed by atoms with Crippen LogP contribution in [0.15, 0.2) is 262 Å². The SMILES string of the molecule is C=CCc1c(C)nc(-c2ccc(OC)s2)nc1Nc1ccc(C(=O)O)cc1.C=CCc1c(C)nc(-c2ccc(OC)s2)nc1Nc1ccc(CC(=O)O)cc1.C=CCc1c(C)nc(-c2ccc(OC)s2)nc1Nc1ccc2cc(C(=O)O)ccc2c1.C=CCc1c(C)nc(-c2csc(OC)c2)nc1Nc1ccc(C(=O)O)cc1OC.C=CCc1c(C)nc(-c2csc(OC)c2)nc1Nc1ccc2cc(C(=O)O)ccc2c1. The van der Waals surface area contributed by atoms with Crippen LogP contribution in [0.2, 0.25) is 0 Å². The second-order valence-corrected chi connectivity index (χ2v) is 37.0. The van der Waals surface area contributed by atoms with Gasteiger partial charge in [-0.25, -0.2) is 69.0 Å². The normalized spacial score (nSPS) is 10.6. The van der Waals surface area contributed by atoms with Gasteiger partial charge >= 0.3 is 29.8 Å². The van der Waals surface area contributed by atoms with Crippen LogP contribution in [-0.2, 0) is 43.3 Å². The molecule has 36 heteroatoms. The van der Waals surface area contributed by atoms with Crippen molar-refractivity contribution >= 4 is 166 Å². The molecule has 0 atom stereocenters. The van der Waals surface area contributed by atoms with Crippen LogP contribution >= 0.6 is 56.7 Å². The molecule has 31 nitrogen and oxygen atoms in total. The average Bonchev–Trinajstić information content (AvgIpc) is 0.951. The molecule has 0 spiro atoms. The molecule has 10 N–H and O–H groups in total. The predicted molar refractivity (Wildman–Crippen MR) is 582 cm³/mol. The highest BCUT2D eigenvalue weighted by molar-refractivity contribution is 7.18. The molecular formula is C110H103N15O16S5. The van der Waals surface area contributed by atoms with Gasteiger partial charge in [0.25, 0.3) is 0 Å². The number of allylic oxidation sites excluding steroid dienone is 5. The van der Waals surface area contributed by atoms with Crippen molar-refractivity contribution in [1.82, 2.24) is 49.8 Å². The highest BCUT2D eigenvalue weighted by Crippen LogP contribution is 2.41. The zero-order valence-electron chi connectivity index (χ0n) is 81.5. The molecule has 146 heavy (non-hydrogen) atoms. The van der Waals surface area contributed by atoms with Crippen molar-refractivity contribution in [3.8, 4) is 85.9 Å². The number of aliphatic carboxylic acids is 1. The van der Waals surface area contributed by atoms with Gasteiger partial charge in [0.2, 0.25) is 0 Å². The van der Waals surface area contributed by atoms with Gasteiger partial charge in [0.1, 0.15) is 34.8 Å². The highest BCUT2D eigenvalue weighted by atomic mass is 32.1. The first-order chi connectivity index (χ1) is 70.4. The molecule has 0 aliphatic rings. The van der Waals surface area contributed by atoms with Crippen LogP contribution in [0.3, 0.4) is 0 Å². The minimum absolute atomic E-state index is 0.00102. The maximum absolute atomic E-state index is 11.2. The van der Waals surface area contributed by atoms with E-state index in [1.165, 1.54) is 75.9 Å². The number of carboxylic acids is 5. The third-order valence-corrected chi connectivity index (χ3v) is 27.2. The molecule has 0 amide bonds. The van der Waals surface area contributed by atoms with Crippen molar-refractivity contribution in [3.05, 3.63) is 346 Å². The molecule has 0 bridgehead atoms. The Morgan fingerprint density at radius 3 is 0.904 bits per heavy atom. The van der Waals surface area contributed by atoms with Gasteiger partial charge in [-0.05, 0) is 233 Å².